The highest BCUT2D eigenvalue weighted by atomic mass is 127. The van der Waals surface area contributed by atoms with Gasteiger partial charge in [-0.1, -0.05) is 6.07 Å². The molecule has 0 radical (unpaired) electrons. The largest absolute Gasteiger partial charge is 0.478 e. The zero-order valence-corrected chi connectivity index (χ0v) is 12.1. The second kappa shape index (κ2) is 5.43. The summed E-state index contributed by atoms with van der Waals surface area (Å²) < 4.78 is 5.95. The number of carboxylic acids is 1. The van der Waals surface area contributed by atoms with Crippen LogP contribution in [0.15, 0.2) is 34.9 Å². The number of carbonyl (C=O) groups is 2. The molecular weight excluding hydrogens is 361 g/mol. The predicted octanol–water partition coefficient (Wildman–Crippen LogP) is 3.14. The summed E-state index contributed by atoms with van der Waals surface area (Å²) in [5.41, 5.74) is 1.70. The lowest BCUT2D eigenvalue weighted by Crippen LogP contribution is -2.11. The number of carbonyl (C=O) groups excluding carboxylic acids is 1. The van der Waals surface area contributed by atoms with Crippen LogP contribution in [0.1, 0.15) is 26.5 Å². The highest BCUT2D eigenvalue weighted by Gasteiger charge is 2.14. The van der Waals surface area contributed by atoms with Crippen LogP contribution in [0.5, 0.6) is 0 Å². The first kappa shape index (κ1) is 13.6. The van der Waals surface area contributed by atoms with Crippen molar-refractivity contribution < 1.29 is 19.1 Å². The van der Waals surface area contributed by atoms with E-state index in [1.165, 1.54) is 6.07 Å². The van der Waals surface area contributed by atoms with E-state index in [1.807, 2.05) is 19.1 Å². The molecule has 6 heteroatoms. The molecule has 0 unspecified atom stereocenters. The van der Waals surface area contributed by atoms with Gasteiger partial charge < -0.3 is 14.8 Å². The summed E-state index contributed by atoms with van der Waals surface area (Å²) in [4.78, 5) is 22.5. The van der Waals surface area contributed by atoms with Gasteiger partial charge >= 0.3 is 5.97 Å². The van der Waals surface area contributed by atoms with Crippen LogP contribution < -0.4 is 5.32 Å². The van der Waals surface area contributed by atoms with Crippen molar-refractivity contribution in [1.29, 1.82) is 0 Å². The molecule has 0 fully saturated rings. The molecule has 5 nitrogen and oxygen atoms in total. The van der Waals surface area contributed by atoms with Gasteiger partial charge in [0.05, 0.1) is 5.56 Å². The van der Waals surface area contributed by atoms with E-state index < -0.39 is 11.9 Å². The number of amides is 1. The Labute approximate surface area is 122 Å². The van der Waals surface area contributed by atoms with Crippen LogP contribution >= 0.6 is 22.6 Å². The fourth-order valence-electron chi connectivity index (χ4n) is 1.43. The molecule has 1 amide bonds. The average molecular weight is 371 g/mol. The third-order valence-corrected chi connectivity index (χ3v) is 3.66. The van der Waals surface area contributed by atoms with Gasteiger partial charge in [-0.15, -0.1) is 0 Å². The van der Waals surface area contributed by atoms with Gasteiger partial charge in [0.25, 0.3) is 5.91 Å². The molecule has 0 aliphatic heterocycles. The van der Waals surface area contributed by atoms with Gasteiger partial charge in [0.1, 0.15) is 6.26 Å². The van der Waals surface area contributed by atoms with Crippen molar-refractivity contribution in [3.05, 3.63) is 51.0 Å². The number of aryl methyl sites for hydroxylation is 1. The highest BCUT2D eigenvalue weighted by Crippen LogP contribution is 2.18. The van der Waals surface area contributed by atoms with Gasteiger partial charge in [0.2, 0.25) is 0 Å². The second-order valence-corrected chi connectivity index (χ2v) is 5.09. The second-order valence-electron chi connectivity index (χ2n) is 3.92. The number of aromatic carboxylic acids is 1. The number of hydrogen-bond donors (Lipinski definition) is 2. The fraction of sp³-hybridized carbons (Fsp3) is 0.0769. The molecule has 19 heavy (non-hydrogen) atoms. The maximum absolute atomic E-state index is 11.8. The molecule has 98 valence electrons. The van der Waals surface area contributed by atoms with Gasteiger partial charge in [0.15, 0.2) is 5.76 Å². The Morgan fingerprint density at radius 2 is 2.05 bits per heavy atom. The molecule has 0 bridgehead atoms. The van der Waals surface area contributed by atoms with E-state index >= 15 is 0 Å². The first-order valence-electron chi connectivity index (χ1n) is 5.36. The zero-order chi connectivity index (χ0) is 14.0. The Balaban J connectivity index is 2.15. The van der Waals surface area contributed by atoms with E-state index in [0.717, 1.165) is 15.4 Å². The van der Waals surface area contributed by atoms with E-state index in [0.29, 0.717) is 5.69 Å². The topological polar surface area (TPSA) is 79.5 Å². The van der Waals surface area contributed by atoms with Crippen LogP contribution in [0.2, 0.25) is 0 Å². The van der Waals surface area contributed by atoms with Crippen LogP contribution in [0.25, 0.3) is 0 Å². The standard InChI is InChI=1S/C13H10INO4/c1-7-2-3-9(5-10(7)14)15-12(16)11-4-8(6-19-11)13(17)18/h2-6H,1H3,(H,15,16)(H,17,18). The number of halogens is 1. The summed E-state index contributed by atoms with van der Waals surface area (Å²) in [6.45, 7) is 1.97. The number of anilines is 1. The number of furan rings is 1. The molecule has 0 aliphatic carbocycles. The van der Waals surface area contributed by atoms with Crippen molar-refractivity contribution in [2.24, 2.45) is 0 Å². The molecule has 1 aromatic heterocycles. The number of nitrogens with one attached hydrogen (secondary N) is 1. The Bertz CT molecular complexity index is 648. The summed E-state index contributed by atoms with van der Waals surface area (Å²) >= 11 is 2.17. The molecule has 0 atom stereocenters. The number of benzene rings is 1. The average Bonchev–Trinajstić information content (AvgIpc) is 2.83. The minimum Gasteiger partial charge on any atom is -0.478 e. The lowest BCUT2D eigenvalue weighted by Gasteiger charge is -2.05. The first-order chi connectivity index (χ1) is 8.97. The third kappa shape index (κ3) is 3.14. The van der Waals surface area contributed by atoms with Crippen molar-refractivity contribution in [3.8, 4) is 0 Å². The molecule has 2 N–H and O–H groups in total. The van der Waals surface area contributed by atoms with Gasteiger partial charge in [0, 0.05) is 15.3 Å². The molecule has 0 saturated carbocycles. The summed E-state index contributed by atoms with van der Waals surface area (Å²) in [6, 6.07) is 6.68. The van der Waals surface area contributed by atoms with Gasteiger partial charge in [-0.25, -0.2) is 4.79 Å². The minimum atomic E-state index is -1.13. The Hall–Kier alpha value is -1.83. The van der Waals surface area contributed by atoms with Crippen molar-refractivity contribution in [2.75, 3.05) is 5.32 Å². The van der Waals surface area contributed by atoms with Crippen molar-refractivity contribution >= 4 is 40.2 Å². The van der Waals surface area contributed by atoms with Gasteiger partial charge in [-0.05, 0) is 47.2 Å². The normalized spacial score (nSPS) is 10.2. The maximum atomic E-state index is 11.8. The monoisotopic (exact) mass is 371 g/mol. The molecule has 1 aromatic carbocycles. The van der Waals surface area contributed by atoms with Crippen LogP contribution in [-0.4, -0.2) is 17.0 Å². The molecule has 0 aliphatic rings. The molecule has 2 aromatic rings. The summed E-state index contributed by atoms with van der Waals surface area (Å²) in [7, 11) is 0. The van der Waals surface area contributed by atoms with E-state index in [9.17, 15) is 9.59 Å². The van der Waals surface area contributed by atoms with Crippen LogP contribution in [0.3, 0.4) is 0 Å². The lowest BCUT2D eigenvalue weighted by atomic mass is 10.2. The fourth-order valence-corrected chi connectivity index (χ4v) is 1.95. The van der Waals surface area contributed by atoms with E-state index in [-0.39, 0.29) is 11.3 Å². The molecule has 2 rings (SSSR count). The van der Waals surface area contributed by atoms with Gasteiger partial charge in [-0.2, -0.15) is 0 Å². The molecular formula is C13H10INO4. The van der Waals surface area contributed by atoms with Gasteiger partial charge in [-0.3, -0.25) is 4.79 Å². The van der Waals surface area contributed by atoms with Crippen LogP contribution in [0, 0.1) is 10.5 Å². The van der Waals surface area contributed by atoms with Crippen LogP contribution in [-0.2, 0) is 0 Å². The first-order valence-corrected chi connectivity index (χ1v) is 6.44. The molecule has 1 heterocycles. The Morgan fingerprint density at radius 3 is 2.63 bits per heavy atom. The van der Waals surface area contributed by atoms with Crippen molar-refractivity contribution in [1.82, 2.24) is 0 Å². The quantitative estimate of drug-likeness (QED) is 0.813. The minimum absolute atomic E-state index is 0.0343. The zero-order valence-electron chi connectivity index (χ0n) is 9.94. The van der Waals surface area contributed by atoms with Crippen molar-refractivity contribution in [3.63, 3.8) is 0 Å². The smallest absolute Gasteiger partial charge is 0.338 e. The van der Waals surface area contributed by atoms with E-state index in [2.05, 4.69) is 27.9 Å². The Morgan fingerprint density at radius 1 is 1.32 bits per heavy atom. The highest BCUT2D eigenvalue weighted by molar-refractivity contribution is 14.1. The van der Waals surface area contributed by atoms with E-state index in [1.54, 1.807) is 6.07 Å². The predicted molar refractivity (Wildman–Crippen MR) is 77.5 cm³/mol. The summed E-state index contributed by atoms with van der Waals surface area (Å²) in [6.07, 6.45) is 1.04. The summed E-state index contributed by atoms with van der Waals surface area (Å²) in [5, 5.41) is 11.4. The van der Waals surface area contributed by atoms with Crippen LogP contribution in [0.4, 0.5) is 5.69 Å². The molecule has 0 saturated heterocycles. The maximum Gasteiger partial charge on any atom is 0.338 e. The SMILES string of the molecule is Cc1ccc(NC(=O)c2cc(C(=O)O)co2)cc1I. The lowest BCUT2D eigenvalue weighted by molar-refractivity contribution is 0.0696. The Kier molecular flexibility index (Phi) is 3.89. The molecule has 0 spiro atoms. The van der Waals surface area contributed by atoms with Crippen molar-refractivity contribution in [2.45, 2.75) is 6.92 Å². The number of carboxylic acid groups (broad SMARTS) is 1. The number of rotatable bonds is 3. The number of hydrogen-bond acceptors (Lipinski definition) is 3. The van der Waals surface area contributed by atoms with E-state index in [4.69, 9.17) is 9.52 Å². The third-order valence-electron chi connectivity index (χ3n) is 2.50. The summed E-state index contributed by atoms with van der Waals surface area (Å²) in [5.74, 6) is -1.65.